The summed E-state index contributed by atoms with van der Waals surface area (Å²) in [7, 11) is 0. The minimum absolute atomic E-state index is 0.502. The van der Waals surface area contributed by atoms with Crippen molar-refractivity contribution in [3.8, 4) is 0 Å². The standard InChI is InChI=1S/C11H16OS/c1-8-5-6-11(12,7-8)10-4-3-9(2)13-10/h3-4,8,12H,5-7H2,1-2H3. The predicted octanol–water partition coefficient (Wildman–Crippen LogP) is 3.06. The van der Waals surface area contributed by atoms with Gasteiger partial charge >= 0.3 is 0 Å². The molecule has 1 aromatic heterocycles. The Morgan fingerprint density at radius 2 is 2.31 bits per heavy atom. The highest BCUT2D eigenvalue weighted by atomic mass is 32.1. The van der Waals surface area contributed by atoms with E-state index >= 15 is 0 Å². The zero-order valence-corrected chi connectivity index (χ0v) is 9.03. The molecule has 0 spiro atoms. The lowest BCUT2D eigenvalue weighted by Crippen LogP contribution is -2.19. The van der Waals surface area contributed by atoms with E-state index in [1.165, 1.54) is 4.88 Å². The van der Waals surface area contributed by atoms with Gasteiger partial charge in [-0.25, -0.2) is 0 Å². The zero-order valence-electron chi connectivity index (χ0n) is 8.21. The minimum Gasteiger partial charge on any atom is -0.384 e. The second-order valence-corrected chi connectivity index (χ2v) is 5.58. The molecule has 2 atom stereocenters. The second kappa shape index (κ2) is 3.10. The second-order valence-electron chi connectivity index (χ2n) is 4.29. The highest BCUT2D eigenvalue weighted by Crippen LogP contribution is 2.44. The molecule has 1 heterocycles. The summed E-state index contributed by atoms with van der Waals surface area (Å²) in [5, 5.41) is 10.4. The van der Waals surface area contributed by atoms with Gasteiger partial charge in [0.1, 0.15) is 0 Å². The molecular weight excluding hydrogens is 180 g/mol. The van der Waals surface area contributed by atoms with Crippen LogP contribution in [0.15, 0.2) is 12.1 Å². The molecule has 0 aromatic carbocycles. The lowest BCUT2D eigenvalue weighted by Gasteiger charge is -2.20. The van der Waals surface area contributed by atoms with E-state index in [4.69, 9.17) is 0 Å². The fraction of sp³-hybridized carbons (Fsp3) is 0.636. The van der Waals surface area contributed by atoms with Crippen molar-refractivity contribution < 1.29 is 5.11 Å². The molecule has 1 aliphatic rings. The normalized spacial score (nSPS) is 33.9. The molecule has 1 saturated carbocycles. The summed E-state index contributed by atoms with van der Waals surface area (Å²) in [6.45, 7) is 4.31. The van der Waals surface area contributed by atoms with Crippen LogP contribution in [0, 0.1) is 12.8 Å². The van der Waals surface area contributed by atoms with Crippen LogP contribution >= 0.6 is 11.3 Å². The highest BCUT2D eigenvalue weighted by Gasteiger charge is 2.37. The van der Waals surface area contributed by atoms with Crippen LogP contribution in [0.1, 0.15) is 35.9 Å². The molecule has 1 aromatic rings. The largest absolute Gasteiger partial charge is 0.384 e. The van der Waals surface area contributed by atoms with Crippen molar-refractivity contribution >= 4 is 11.3 Å². The Balaban J connectivity index is 2.25. The molecule has 1 N–H and O–H groups in total. The van der Waals surface area contributed by atoms with Crippen LogP contribution < -0.4 is 0 Å². The molecule has 72 valence electrons. The van der Waals surface area contributed by atoms with Crippen molar-refractivity contribution in [2.24, 2.45) is 5.92 Å². The lowest BCUT2D eigenvalue weighted by atomic mass is 9.99. The van der Waals surface area contributed by atoms with E-state index < -0.39 is 5.60 Å². The molecule has 0 radical (unpaired) electrons. The van der Waals surface area contributed by atoms with Gasteiger partial charge in [0.15, 0.2) is 0 Å². The van der Waals surface area contributed by atoms with E-state index in [9.17, 15) is 5.11 Å². The smallest absolute Gasteiger partial charge is 0.0990 e. The number of hydrogen-bond acceptors (Lipinski definition) is 2. The van der Waals surface area contributed by atoms with Gasteiger partial charge in [0, 0.05) is 9.75 Å². The summed E-state index contributed by atoms with van der Waals surface area (Å²) < 4.78 is 0. The molecule has 2 heteroatoms. The van der Waals surface area contributed by atoms with Gasteiger partial charge in [0.25, 0.3) is 0 Å². The fourth-order valence-corrected chi connectivity index (χ4v) is 3.17. The summed E-state index contributed by atoms with van der Waals surface area (Å²) in [5.74, 6) is 0.674. The molecule has 2 unspecified atom stereocenters. The zero-order chi connectivity index (χ0) is 9.47. The van der Waals surface area contributed by atoms with Crippen molar-refractivity contribution in [1.29, 1.82) is 0 Å². The Morgan fingerprint density at radius 1 is 1.54 bits per heavy atom. The van der Waals surface area contributed by atoms with Crippen LogP contribution in [-0.4, -0.2) is 5.11 Å². The third kappa shape index (κ3) is 1.65. The first-order valence-corrected chi connectivity index (χ1v) is 5.71. The molecule has 0 amide bonds. The summed E-state index contributed by atoms with van der Waals surface area (Å²) in [6, 6.07) is 4.18. The molecule has 1 aliphatic carbocycles. The third-order valence-electron chi connectivity index (χ3n) is 2.94. The predicted molar refractivity (Wildman–Crippen MR) is 56.0 cm³/mol. The van der Waals surface area contributed by atoms with Gasteiger partial charge in [0.05, 0.1) is 5.60 Å². The first-order valence-electron chi connectivity index (χ1n) is 4.89. The summed E-state index contributed by atoms with van der Waals surface area (Å²) in [6.07, 6.45) is 3.04. The first kappa shape index (κ1) is 9.22. The molecular formula is C11H16OS. The van der Waals surface area contributed by atoms with E-state index in [0.29, 0.717) is 5.92 Å². The van der Waals surface area contributed by atoms with E-state index in [2.05, 4.69) is 26.0 Å². The van der Waals surface area contributed by atoms with E-state index in [0.717, 1.165) is 24.1 Å². The Morgan fingerprint density at radius 3 is 2.77 bits per heavy atom. The van der Waals surface area contributed by atoms with Gasteiger partial charge in [-0.3, -0.25) is 0 Å². The fourth-order valence-electron chi connectivity index (χ4n) is 2.17. The number of aryl methyl sites for hydroxylation is 1. The average molecular weight is 196 g/mol. The average Bonchev–Trinajstić information content (AvgIpc) is 2.60. The summed E-state index contributed by atoms with van der Waals surface area (Å²) in [5.41, 5.74) is -0.502. The Hall–Kier alpha value is -0.340. The Bertz CT molecular complexity index is 305. The highest BCUT2D eigenvalue weighted by molar-refractivity contribution is 7.12. The van der Waals surface area contributed by atoms with Crippen LogP contribution in [0.4, 0.5) is 0 Å². The van der Waals surface area contributed by atoms with Gasteiger partial charge in [-0.2, -0.15) is 0 Å². The molecule has 0 aliphatic heterocycles. The molecule has 0 bridgehead atoms. The van der Waals surface area contributed by atoms with Crippen molar-refractivity contribution in [2.45, 2.75) is 38.7 Å². The minimum atomic E-state index is -0.502. The molecule has 2 rings (SSSR count). The van der Waals surface area contributed by atoms with Crippen LogP contribution in [0.2, 0.25) is 0 Å². The number of aliphatic hydroxyl groups is 1. The molecule has 0 saturated heterocycles. The maximum absolute atomic E-state index is 10.4. The molecule has 1 fully saturated rings. The molecule has 1 nitrogen and oxygen atoms in total. The van der Waals surface area contributed by atoms with Crippen molar-refractivity contribution in [2.75, 3.05) is 0 Å². The number of thiophene rings is 1. The van der Waals surface area contributed by atoms with E-state index in [-0.39, 0.29) is 0 Å². The number of rotatable bonds is 1. The van der Waals surface area contributed by atoms with E-state index in [1.54, 1.807) is 11.3 Å². The Kier molecular flexibility index (Phi) is 2.20. The van der Waals surface area contributed by atoms with Crippen molar-refractivity contribution in [1.82, 2.24) is 0 Å². The first-order chi connectivity index (χ1) is 6.10. The summed E-state index contributed by atoms with van der Waals surface area (Å²) >= 11 is 1.74. The van der Waals surface area contributed by atoms with Gasteiger partial charge in [-0.05, 0) is 44.2 Å². The topological polar surface area (TPSA) is 20.2 Å². The third-order valence-corrected chi connectivity index (χ3v) is 4.13. The monoisotopic (exact) mass is 196 g/mol. The maximum Gasteiger partial charge on any atom is 0.0990 e. The van der Waals surface area contributed by atoms with Crippen LogP contribution in [0.5, 0.6) is 0 Å². The summed E-state index contributed by atoms with van der Waals surface area (Å²) in [4.78, 5) is 2.46. The maximum atomic E-state index is 10.4. The SMILES string of the molecule is Cc1ccc(C2(O)CCC(C)C2)s1. The van der Waals surface area contributed by atoms with Gasteiger partial charge in [-0.15, -0.1) is 11.3 Å². The number of hydrogen-bond donors (Lipinski definition) is 1. The van der Waals surface area contributed by atoms with Gasteiger partial charge < -0.3 is 5.11 Å². The van der Waals surface area contributed by atoms with Gasteiger partial charge in [0.2, 0.25) is 0 Å². The van der Waals surface area contributed by atoms with E-state index in [1.807, 2.05) is 0 Å². The van der Waals surface area contributed by atoms with Crippen LogP contribution in [0.3, 0.4) is 0 Å². The lowest BCUT2D eigenvalue weighted by molar-refractivity contribution is 0.0446. The van der Waals surface area contributed by atoms with Crippen molar-refractivity contribution in [3.63, 3.8) is 0 Å². The van der Waals surface area contributed by atoms with Crippen LogP contribution in [-0.2, 0) is 5.60 Å². The van der Waals surface area contributed by atoms with Crippen LogP contribution in [0.25, 0.3) is 0 Å². The Labute approximate surface area is 83.4 Å². The van der Waals surface area contributed by atoms with Crippen molar-refractivity contribution in [3.05, 3.63) is 21.9 Å². The molecule has 13 heavy (non-hydrogen) atoms. The quantitative estimate of drug-likeness (QED) is 0.732. The van der Waals surface area contributed by atoms with Gasteiger partial charge in [-0.1, -0.05) is 6.92 Å².